The highest BCUT2D eigenvalue weighted by atomic mass is 16.5. The molecule has 0 saturated carbocycles. The molecule has 2 N–H and O–H groups in total. The first kappa shape index (κ1) is 12.4. The van der Waals surface area contributed by atoms with E-state index >= 15 is 0 Å². The molecule has 0 aromatic rings. The van der Waals surface area contributed by atoms with Crippen LogP contribution in [0.3, 0.4) is 0 Å². The number of rotatable bonds is 6. The minimum Gasteiger partial charge on any atom is -0.466 e. The maximum Gasteiger partial charge on any atom is 0.310 e. The zero-order chi connectivity index (χ0) is 10.3. The van der Waals surface area contributed by atoms with E-state index in [0.717, 1.165) is 12.8 Å². The van der Waals surface area contributed by atoms with Crippen molar-refractivity contribution >= 4 is 5.97 Å². The number of carbonyl (C=O) groups is 1. The summed E-state index contributed by atoms with van der Waals surface area (Å²) in [6.07, 6.45) is 1.92. The second-order valence-corrected chi connectivity index (χ2v) is 3.43. The maximum atomic E-state index is 11.3. The van der Waals surface area contributed by atoms with Crippen LogP contribution < -0.4 is 5.73 Å². The van der Waals surface area contributed by atoms with Crippen LogP contribution in [0.2, 0.25) is 0 Å². The van der Waals surface area contributed by atoms with Crippen LogP contribution in [0.15, 0.2) is 0 Å². The molecule has 0 aliphatic heterocycles. The number of hydrogen-bond donors (Lipinski definition) is 1. The monoisotopic (exact) mass is 187 g/mol. The van der Waals surface area contributed by atoms with Gasteiger partial charge in [-0.25, -0.2) is 0 Å². The van der Waals surface area contributed by atoms with Gasteiger partial charge in [0, 0.05) is 6.54 Å². The van der Waals surface area contributed by atoms with Crippen LogP contribution in [0.1, 0.15) is 33.6 Å². The normalized spacial score (nSPS) is 15.1. The molecule has 0 radical (unpaired) electrons. The van der Waals surface area contributed by atoms with Gasteiger partial charge < -0.3 is 10.5 Å². The third-order valence-corrected chi connectivity index (χ3v) is 2.29. The van der Waals surface area contributed by atoms with Crippen molar-refractivity contribution in [1.29, 1.82) is 0 Å². The van der Waals surface area contributed by atoms with E-state index in [1.54, 1.807) is 0 Å². The Bertz CT molecular complexity index is 148. The summed E-state index contributed by atoms with van der Waals surface area (Å²) in [4.78, 5) is 11.3. The Balaban J connectivity index is 3.94. The number of esters is 1. The lowest BCUT2D eigenvalue weighted by Crippen LogP contribution is -2.27. The van der Waals surface area contributed by atoms with E-state index in [9.17, 15) is 4.79 Å². The van der Waals surface area contributed by atoms with Gasteiger partial charge in [0.15, 0.2) is 0 Å². The summed E-state index contributed by atoms with van der Waals surface area (Å²) in [6.45, 7) is 6.89. The summed E-state index contributed by atoms with van der Waals surface area (Å²) < 4.78 is 4.92. The van der Waals surface area contributed by atoms with Crippen LogP contribution in [0.4, 0.5) is 0 Å². The van der Waals surface area contributed by atoms with Gasteiger partial charge in [-0.15, -0.1) is 0 Å². The maximum absolute atomic E-state index is 11.3. The Kier molecular flexibility index (Phi) is 6.59. The Morgan fingerprint density at radius 1 is 1.46 bits per heavy atom. The predicted octanol–water partition coefficient (Wildman–Crippen LogP) is 1.56. The highest BCUT2D eigenvalue weighted by Gasteiger charge is 2.19. The smallest absolute Gasteiger partial charge is 0.310 e. The molecule has 2 atom stereocenters. The third-order valence-electron chi connectivity index (χ3n) is 2.29. The molecule has 0 aromatic heterocycles. The summed E-state index contributed by atoms with van der Waals surface area (Å²) in [5.74, 6) is 0.276. The second-order valence-electron chi connectivity index (χ2n) is 3.43. The molecule has 0 aliphatic rings. The van der Waals surface area contributed by atoms with Gasteiger partial charge in [-0.3, -0.25) is 4.79 Å². The van der Waals surface area contributed by atoms with Crippen molar-refractivity contribution in [2.24, 2.45) is 17.6 Å². The van der Waals surface area contributed by atoms with Gasteiger partial charge in [-0.2, -0.15) is 0 Å². The lowest BCUT2D eigenvalue weighted by molar-refractivity contribution is -0.148. The van der Waals surface area contributed by atoms with E-state index < -0.39 is 0 Å². The van der Waals surface area contributed by atoms with Gasteiger partial charge in [0.05, 0.1) is 12.5 Å². The Hall–Kier alpha value is -0.570. The molecular formula is C10H21NO2. The van der Waals surface area contributed by atoms with E-state index in [1.807, 2.05) is 6.92 Å². The van der Waals surface area contributed by atoms with E-state index in [4.69, 9.17) is 10.5 Å². The fourth-order valence-electron chi connectivity index (χ4n) is 1.20. The van der Waals surface area contributed by atoms with Gasteiger partial charge in [-0.1, -0.05) is 20.3 Å². The van der Waals surface area contributed by atoms with Crippen LogP contribution in [-0.4, -0.2) is 19.1 Å². The molecule has 0 fully saturated rings. The van der Waals surface area contributed by atoms with Crippen LogP contribution in [0, 0.1) is 11.8 Å². The van der Waals surface area contributed by atoms with Crippen molar-refractivity contribution in [3.63, 3.8) is 0 Å². The van der Waals surface area contributed by atoms with Gasteiger partial charge in [0.25, 0.3) is 0 Å². The fourth-order valence-corrected chi connectivity index (χ4v) is 1.20. The SMILES string of the molecule is CCOC(=O)C(CN)CC(C)CC. The number of ether oxygens (including phenoxy) is 1. The molecule has 0 spiro atoms. The minimum absolute atomic E-state index is 0.116. The summed E-state index contributed by atoms with van der Waals surface area (Å²) >= 11 is 0. The topological polar surface area (TPSA) is 52.3 Å². The first-order valence-electron chi connectivity index (χ1n) is 5.02. The Morgan fingerprint density at radius 3 is 2.46 bits per heavy atom. The number of carbonyl (C=O) groups excluding carboxylic acids is 1. The Labute approximate surface area is 80.6 Å². The zero-order valence-electron chi connectivity index (χ0n) is 8.88. The fraction of sp³-hybridized carbons (Fsp3) is 0.900. The summed E-state index contributed by atoms with van der Waals surface area (Å²) in [6, 6.07) is 0. The molecule has 0 saturated heterocycles. The third kappa shape index (κ3) is 4.88. The summed E-state index contributed by atoms with van der Waals surface area (Å²) in [5, 5.41) is 0. The average molecular weight is 187 g/mol. The standard InChI is InChI=1S/C10H21NO2/c1-4-8(3)6-9(7-11)10(12)13-5-2/h8-9H,4-7,11H2,1-3H3. The van der Waals surface area contributed by atoms with Crippen molar-refractivity contribution in [2.45, 2.75) is 33.6 Å². The van der Waals surface area contributed by atoms with Crippen LogP contribution in [-0.2, 0) is 9.53 Å². The van der Waals surface area contributed by atoms with Crippen LogP contribution in [0.5, 0.6) is 0 Å². The molecule has 0 bridgehead atoms. The minimum atomic E-state index is -0.148. The largest absolute Gasteiger partial charge is 0.466 e. The molecule has 2 unspecified atom stereocenters. The lowest BCUT2D eigenvalue weighted by atomic mass is 9.94. The molecule has 3 heteroatoms. The van der Waals surface area contributed by atoms with Crippen molar-refractivity contribution < 1.29 is 9.53 Å². The highest BCUT2D eigenvalue weighted by Crippen LogP contribution is 2.15. The van der Waals surface area contributed by atoms with Crippen molar-refractivity contribution in [3.05, 3.63) is 0 Å². The van der Waals surface area contributed by atoms with Gasteiger partial charge in [0.2, 0.25) is 0 Å². The molecule has 0 aromatic carbocycles. The predicted molar refractivity (Wildman–Crippen MR) is 53.2 cm³/mol. The van der Waals surface area contributed by atoms with Gasteiger partial charge in [-0.05, 0) is 19.3 Å². The van der Waals surface area contributed by atoms with E-state index in [1.165, 1.54) is 0 Å². The molecule has 0 aliphatic carbocycles. The molecule has 78 valence electrons. The number of nitrogens with two attached hydrogens (primary N) is 1. The van der Waals surface area contributed by atoms with Crippen LogP contribution in [0.25, 0.3) is 0 Å². The van der Waals surface area contributed by atoms with Gasteiger partial charge in [0.1, 0.15) is 0 Å². The van der Waals surface area contributed by atoms with Crippen molar-refractivity contribution in [1.82, 2.24) is 0 Å². The quantitative estimate of drug-likeness (QED) is 0.642. The van der Waals surface area contributed by atoms with Crippen molar-refractivity contribution in [2.75, 3.05) is 13.2 Å². The second kappa shape index (κ2) is 6.89. The Morgan fingerprint density at radius 2 is 2.08 bits per heavy atom. The molecule has 13 heavy (non-hydrogen) atoms. The molecule has 0 amide bonds. The van der Waals surface area contributed by atoms with E-state index in [2.05, 4.69) is 13.8 Å². The van der Waals surface area contributed by atoms with E-state index in [0.29, 0.717) is 19.1 Å². The van der Waals surface area contributed by atoms with Crippen molar-refractivity contribution in [3.8, 4) is 0 Å². The molecule has 3 nitrogen and oxygen atoms in total. The summed E-state index contributed by atoms with van der Waals surface area (Å²) in [7, 11) is 0. The van der Waals surface area contributed by atoms with E-state index in [-0.39, 0.29) is 11.9 Å². The van der Waals surface area contributed by atoms with Gasteiger partial charge >= 0.3 is 5.97 Å². The zero-order valence-corrected chi connectivity index (χ0v) is 8.88. The summed E-state index contributed by atoms with van der Waals surface area (Å²) in [5.41, 5.74) is 5.51. The molecular weight excluding hydrogens is 166 g/mol. The van der Waals surface area contributed by atoms with Crippen LogP contribution >= 0.6 is 0 Å². The first-order chi connectivity index (χ1) is 6.15. The highest BCUT2D eigenvalue weighted by molar-refractivity contribution is 5.72. The average Bonchev–Trinajstić information content (AvgIpc) is 2.14. The first-order valence-corrected chi connectivity index (χ1v) is 5.02. The molecule has 0 rings (SSSR count). The molecule has 0 heterocycles. The number of hydrogen-bond acceptors (Lipinski definition) is 3. The lowest BCUT2D eigenvalue weighted by Gasteiger charge is -2.16.